The lowest BCUT2D eigenvalue weighted by Crippen LogP contribution is -2.48. The summed E-state index contributed by atoms with van der Waals surface area (Å²) in [5.74, 6) is 1.68. The molecule has 0 aromatic carbocycles. The van der Waals surface area contributed by atoms with E-state index in [0.717, 1.165) is 25.0 Å². The zero-order valence-electron chi connectivity index (χ0n) is 13.7. The van der Waals surface area contributed by atoms with Gasteiger partial charge < -0.3 is 9.47 Å². The topological polar surface area (TPSA) is 18.5 Å². The Labute approximate surface area is 138 Å². The van der Waals surface area contributed by atoms with Gasteiger partial charge in [0.25, 0.3) is 0 Å². The van der Waals surface area contributed by atoms with E-state index in [1.54, 1.807) is 0 Å². The molecule has 0 amide bonds. The zero-order valence-corrected chi connectivity index (χ0v) is 15.9. The van der Waals surface area contributed by atoms with Crippen LogP contribution in [0.5, 0.6) is 0 Å². The molecule has 2 aliphatic rings. The molecule has 0 bridgehead atoms. The van der Waals surface area contributed by atoms with Gasteiger partial charge in [0.2, 0.25) is 0 Å². The summed E-state index contributed by atoms with van der Waals surface area (Å²) in [5.41, 5.74) is 0.461. The van der Waals surface area contributed by atoms with Gasteiger partial charge in [0, 0.05) is 5.92 Å². The summed E-state index contributed by atoms with van der Waals surface area (Å²) >= 11 is 2.41. The van der Waals surface area contributed by atoms with Gasteiger partial charge in [-0.05, 0) is 37.0 Å². The highest BCUT2D eigenvalue weighted by Crippen LogP contribution is 2.48. The first-order valence-electron chi connectivity index (χ1n) is 8.16. The summed E-state index contributed by atoms with van der Waals surface area (Å²) in [5, 5.41) is 0. The standard InChI is InChI=1S/C17H31IO2/c1-12-7-6-8-16(3,4)15(12)9-13(2)17(5)19-10-14(18)11-20-17/h12-15H,6-11H2,1-5H3/t12-,13?,14?,15?,17?/m1/s1. The number of hydrogen-bond acceptors (Lipinski definition) is 2. The highest BCUT2D eigenvalue weighted by molar-refractivity contribution is 14.1. The lowest BCUT2D eigenvalue weighted by atomic mass is 9.61. The molecule has 2 unspecified atom stereocenters. The van der Waals surface area contributed by atoms with Crippen molar-refractivity contribution in [3.8, 4) is 0 Å². The minimum atomic E-state index is -0.380. The number of alkyl halides is 1. The van der Waals surface area contributed by atoms with Gasteiger partial charge in [-0.3, -0.25) is 0 Å². The van der Waals surface area contributed by atoms with Crippen LogP contribution in [0.15, 0.2) is 0 Å². The van der Waals surface area contributed by atoms with E-state index in [1.807, 2.05) is 0 Å². The molecular formula is C17H31IO2. The van der Waals surface area contributed by atoms with Crippen LogP contribution in [0.2, 0.25) is 0 Å². The van der Waals surface area contributed by atoms with Crippen LogP contribution in [-0.4, -0.2) is 22.9 Å². The predicted molar refractivity (Wildman–Crippen MR) is 92.2 cm³/mol. The molecule has 2 rings (SSSR count). The van der Waals surface area contributed by atoms with E-state index in [0.29, 0.717) is 15.3 Å². The second-order valence-corrected chi connectivity index (χ2v) is 9.60. The second-order valence-electron chi connectivity index (χ2n) is 7.84. The SMILES string of the molecule is CC(CC1[C@H](C)CCCC1(C)C)C1(C)OCC(I)CO1. The molecule has 0 radical (unpaired) electrons. The van der Waals surface area contributed by atoms with Gasteiger partial charge in [-0.1, -0.05) is 63.1 Å². The molecule has 2 fully saturated rings. The third-order valence-electron chi connectivity index (χ3n) is 5.78. The van der Waals surface area contributed by atoms with E-state index in [1.165, 1.54) is 25.7 Å². The Hall–Kier alpha value is 0.650. The number of ether oxygens (including phenoxy) is 2. The second kappa shape index (κ2) is 6.41. The summed E-state index contributed by atoms with van der Waals surface area (Å²) < 4.78 is 12.6. The first-order valence-corrected chi connectivity index (χ1v) is 9.41. The van der Waals surface area contributed by atoms with E-state index < -0.39 is 0 Å². The number of hydrogen-bond donors (Lipinski definition) is 0. The maximum absolute atomic E-state index is 6.05. The van der Waals surface area contributed by atoms with Gasteiger partial charge in [0.1, 0.15) is 0 Å². The average Bonchev–Trinajstić information content (AvgIpc) is 2.37. The maximum Gasteiger partial charge on any atom is 0.168 e. The average molecular weight is 394 g/mol. The van der Waals surface area contributed by atoms with Crippen molar-refractivity contribution in [3.05, 3.63) is 0 Å². The lowest BCUT2D eigenvalue weighted by molar-refractivity contribution is -0.280. The minimum absolute atomic E-state index is 0.380. The van der Waals surface area contributed by atoms with Crippen LogP contribution in [0.3, 0.4) is 0 Å². The van der Waals surface area contributed by atoms with Crippen molar-refractivity contribution >= 4 is 22.6 Å². The number of rotatable bonds is 3. The van der Waals surface area contributed by atoms with Crippen molar-refractivity contribution in [2.24, 2.45) is 23.2 Å². The van der Waals surface area contributed by atoms with E-state index in [2.05, 4.69) is 57.2 Å². The van der Waals surface area contributed by atoms with E-state index in [-0.39, 0.29) is 5.79 Å². The molecule has 1 saturated carbocycles. The van der Waals surface area contributed by atoms with Gasteiger partial charge in [0.05, 0.1) is 17.1 Å². The molecule has 1 aliphatic heterocycles. The molecule has 2 nitrogen and oxygen atoms in total. The Bertz CT molecular complexity index is 321. The highest BCUT2D eigenvalue weighted by atomic mass is 127. The molecule has 3 atom stereocenters. The van der Waals surface area contributed by atoms with Gasteiger partial charge in [-0.25, -0.2) is 0 Å². The predicted octanol–water partition coefficient (Wildman–Crippen LogP) is 5.04. The molecule has 0 spiro atoms. The fourth-order valence-electron chi connectivity index (χ4n) is 4.07. The van der Waals surface area contributed by atoms with Crippen LogP contribution in [0.25, 0.3) is 0 Å². The van der Waals surface area contributed by atoms with Crippen LogP contribution < -0.4 is 0 Å². The van der Waals surface area contributed by atoms with E-state index in [9.17, 15) is 0 Å². The summed E-state index contributed by atoms with van der Waals surface area (Å²) in [7, 11) is 0. The van der Waals surface area contributed by atoms with Gasteiger partial charge in [-0.15, -0.1) is 0 Å². The van der Waals surface area contributed by atoms with Crippen molar-refractivity contribution in [1.82, 2.24) is 0 Å². The van der Waals surface area contributed by atoms with Crippen molar-refractivity contribution in [2.45, 2.75) is 70.0 Å². The molecule has 0 aromatic heterocycles. The third-order valence-corrected chi connectivity index (χ3v) is 6.49. The molecule has 1 heterocycles. The quantitative estimate of drug-likeness (QED) is 0.493. The van der Waals surface area contributed by atoms with Crippen LogP contribution in [-0.2, 0) is 9.47 Å². The Kier molecular flexibility index (Phi) is 5.45. The van der Waals surface area contributed by atoms with Gasteiger partial charge >= 0.3 is 0 Å². The van der Waals surface area contributed by atoms with Crippen LogP contribution >= 0.6 is 22.6 Å². The molecule has 1 aliphatic carbocycles. The van der Waals surface area contributed by atoms with Crippen LogP contribution in [0, 0.1) is 23.2 Å². The molecule has 1 saturated heterocycles. The normalized spacial score (nSPS) is 43.2. The lowest BCUT2D eigenvalue weighted by Gasteiger charge is -2.47. The summed E-state index contributed by atoms with van der Waals surface area (Å²) in [6.07, 6.45) is 5.36. The van der Waals surface area contributed by atoms with Crippen LogP contribution in [0.1, 0.15) is 60.3 Å². The first kappa shape index (κ1) is 17.0. The highest BCUT2D eigenvalue weighted by Gasteiger charge is 2.43. The van der Waals surface area contributed by atoms with Crippen LogP contribution in [0.4, 0.5) is 0 Å². The maximum atomic E-state index is 6.05. The fraction of sp³-hybridized carbons (Fsp3) is 1.00. The smallest absolute Gasteiger partial charge is 0.168 e. The number of halogens is 1. The van der Waals surface area contributed by atoms with Crippen molar-refractivity contribution in [3.63, 3.8) is 0 Å². The zero-order chi connectivity index (χ0) is 15.0. The molecule has 0 N–H and O–H groups in total. The Morgan fingerprint density at radius 3 is 2.35 bits per heavy atom. The molecular weight excluding hydrogens is 363 g/mol. The molecule has 0 aromatic rings. The largest absolute Gasteiger partial charge is 0.349 e. The monoisotopic (exact) mass is 394 g/mol. The summed E-state index contributed by atoms with van der Waals surface area (Å²) in [6, 6.07) is 0. The molecule has 118 valence electrons. The first-order chi connectivity index (χ1) is 9.24. The fourth-order valence-corrected chi connectivity index (χ4v) is 4.43. The van der Waals surface area contributed by atoms with E-state index in [4.69, 9.17) is 9.47 Å². The van der Waals surface area contributed by atoms with Gasteiger partial charge in [0.15, 0.2) is 5.79 Å². The Morgan fingerprint density at radius 2 is 1.80 bits per heavy atom. The van der Waals surface area contributed by atoms with Crippen molar-refractivity contribution in [1.29, 1.82) is 0 Å². The Balaban J connectivity index is 2.00. The van der Waals surface area contributed by atoms with E-state index >= 15 is 0 Å². The molecule has 20 heavy (non-hydrogen) atoms. The van der Waals surface area contributed by atoms with Crippen molar-refractivity contribution < 1.29 is 9.47 Å². The summed E-state index contributed by atoms with van der Waals surface area (Å²) in [6.45, 7) is 13.4. The Morgan fingerprint density at radius 1 is 1.20 bits per heavy atom. The minimum Gasteiger partial charge on any atom is -0.349 e. The third kappa shape index (κ3) is 3.70. The summed E-state index contributed by atoms with van der Waals surface area (Å²) in [4.78, 5) is 0. The van der Waals surface area contributed by atoms with Gasteiger partial charge in [-0.2, -0.15) is 0 Å². The van der Waals surface area contributed by atoms with Crippen molar-refractivity contribution in [2.75, 3.05) is 13.2 Å². The molecule has 3 heteroatoms.